The van der Waals surface area contributed by atoms with E-state index in [1.165, 1.54) is 12.4 Å². The first-order chi connectivity index (χ1) is 11.6. The molecule has 2 aromatic heterocycles. The molecule has 0 saturated carbocycles. The zero-order valence-corrected chi connectivity index (χ0v) is 13.0. The smallest absolute Gasteiger partial charge is 0.157 e. The highest BCUT2D eigenvalue weighted by Crippen LogP contribution is 2.37. The summed E-state index contributed by atoms with van der Waals surface area (Å²) in [6.45, 7) is 1.62. The van der Waals surface area contributed by atoms with Crippen molar-refractivity contribution in [2.45, 2.75) is 6.92 Å². The molecule has 4 rings (SSSR count). The fourth-order valence-corrected chi connectivity index (χ4v) is 3.00. The maximum Gasteiger partial charge on any atom is 0.157 e. The molecule has 0 fully saturated rings. The van der Waals surface area contributed by atoms with Gasteiger partial charge in [0, 0.05) is 28.9 Å². The van der Waals surface area contributed by atoms with Gasteiger partial charge >= 0.3 is 0 Å². The van der Waals surface area contributed by atoms with Crippen LogP contribution in [0.3, 0.4) is 0 Å². The molecule has 0 aliphatic rings. The first-order valence-electron chi connectivity index (χ1n) is 7.35. The average molecular weight is 325 g/mol. The summed E-state index contributed by atoms with van der Waals surface area (Å²) >= 11 is 0. The van der Waals surface area contributed by atoms with Gasteiger partial charge in [-0.05, 0) is 24.6 Å². The van der Waals surface area contributed by atoms with Crippen LogP contribution in [-0.4, -0.2) is 27.2 Å². The Morgan fingerprint density at radius 1 is 1.12 bits per heavy atom. The van der Waals surface area contributed by atoms with Crippen LogP contribution >= 0.6 is 0 Å². The minimum Gasteiger partial charge on any atom is -0.373 e. The number of aromatic nitrogens is 4. The fourth-order valence-electron chi connectivity index (χ4n) is 3.00. The van der Waals surface area contributed by atoms with Gasteiger partial charge in [-0.1, -0.05) is 6.07 Å². The number of nitrogens with one attached hydrogen (secondary N) is 2. The maximum absolute atomic E-state index is 15.1. The second kappa shape index (κ2) is 5.23. The third-order valence-corrected chi connectivity index (χ3v) is 4.19. The summed E-state index contributed by atoms with van der Waals surface area (Å²) in [7, 11) is 1.71. The lowest BCUT2D eigenvalue weighted by Crippen LogP contribution is -1.99. The van der Waals surface area contributed by atoms with E-state index in [0.717, 1.165) is 0 Å². The molecule has 2 heterocycles. The van der Waals surface area contributed by atoms with Gasteiger partial charge in [-0.25, -0.2) is 18.7 Å². The number of benzene rings is 2. The number of nitrogens with zero attached hydrogens (tertiary/aromatic N) is 3. The van der Waals surface area contributed by atoms with E-state index in [0.29, 0.717) is 33.2 Å². The van der Waals surface area contributed by atoms with Crippen molar-refractivity contribution < 1.29 is 8.78 Å². The van der Waals surface area contributed by atoms with Gasteiger partial charge in [0.1, 0.15) is 23.5 Å². The molecule has 0 spiro atoms. The number of fused-ring (bicyclic) bond motifs is 2. The minimum absolute atomic E-state index is 0.187. The van der Waals surface area contributed by atoms with Crippen LogP contribution in [0.15, 0.2) is 30.7 Å². The molecular weight excluding hydrogens is 312 g/mol. The molecule has 0 amide bonds. The summed E-state index contributed by atoms with van der Waals surface area (Å²) in [5, 5.41) is 10.8. The highest BCUT2D eigenvalue weighted by Gasteiger charge is 2.19. The van der Waals surface area contributed by atoms with Gasteiger partial charge in [-0.3, -0.25) is 5.10 Å². The van der Waals surface area contributed by atoms with E-state index in [1.54, 1.807) is 32.3 Å². The standard InChI is InChI=1S/C17H13F2N5/c1-8-12(18)5-13-11(6-23-24-13)14(8)9-3-4-10-16(15(9)19)21-7-22-17(10)20-2/h3-7H,1-2H3,(H,23,24)(H,20,21,22). The Balaban J connectivity index is 2.10. The van der Waals surface area contributed by atoms with Crippen molar-refractivity contribution in [3.05, 3.63) is 47.9 Å². The molecule has 0 aliphatic carbocycles. The highest BCUT2D eigenvalue weighted by atomic mass is 19.1. The van der Waals surface area contributed by atoms with Gasteiger partial charge in [0.15, 0.2) is 5.82 Å². The van der Waals surface area contributed by atoms with Crippen molar-refractivity contribution in [1.29, 1.82) is 0 Å². The fraction of sp³-hybridized carbons (Fsp3) is 0.118. The molecular formula is C17H13F2N5. The third kappa shape index (κ3) is 1.94. The van der Waals surface area contributed by atoms with E-state index in [4.69, 9.17) is 0 Å². The van der Waals surface area contributed by atoms with Crippen molar-refractivity contribution in [2.75, 3.05) is 12.4 Å². The van der Waals surface area contributed by atoms with Crippen LogP contribution in [0.2, 0.25) is 0 Å². The Morgan fingerprint density at radius 2 is 1.96 bits per heavy atom. The normalized spacial score (nSPS) is 11.3. The molecule has 0 atom stereocenters. The molecule has 5 nitrogen and oxygen atoms in total. The Hall–Kier alpha value is -3.09. The lowest BCUT2D eigenvalue weighted by Gasteiger charge is -2.12. The van der Waals surface area contributed by atoms with Gasteiger partial charge < -0.3 is 5.32 Å². The first kappa shape index (κ1) is 14.5. The van der Waals surface area contributed by atoms with Crippen molar-refractivity contribution in [3.63, 3.8) is 0 Å². The van der Waals surface area contributed by atoms with E-state index in [1.807, 2.05) is 0 Å². The van der Waals surface area contributed by atoms with E-state index in [-0.39, 0.29) is 11.1 Å². The topological polar surface area (TPSA) is 66.5 Å². The SMILES string of the molecule is CNc1ncnc2c(F)c(-c3c(C)c(F)cc4[nH]ncc34)ccc12. The number of halogens is 2. The predicted molar refractivity (Wildman–Crippen MR) is 88.8 cm³/mol. The number of aromatic amines is 1. The molecule has 0 saturated heterocycles. The van der Waals surface area contributed by atoms with Crippen molar-refractivity contribution in [3.8, 4) is 11.1 Å². The zero-order valence-electron chi connectivity index (χ0n) is 13.0. The maximum atomic E-state index is 15.1. The zero-order chi connectivity index (χ0) is 16.8. The van der Waals surface area contributed by atoms with E-state index in [2.05, 4.69) is 25.5 Å². The molecule has 2 aromatic carbocycles. The number of rotatable bonds is 2. The summed E-state index contributed by atoms with van der Waals surface area (Å²) < 4.78 is 29.4. The van der Waals surface area contributed by atoms with Gasteiger partial charge in [0.05, 0.1) is 11.7 Å². The van der Waals surface area contributed by atoms with Crippen LogP contribution in [0.4, 0.5) is 14.6 Å². The Bertz CT molecular complexity index is 1090. The molecule has 0 aliphatic heterocycles. The van der Waals surface area contributed by atoms with Crippen LogP contribution in [0, 0.1) is 18.6 Å². The second-order valence-electron chi connectivity index (χ2n) is 5.49. The van der Waals surface area contributed by atoms with Crippen molar-refractivity contribution in [1.82, 2.24) is 20.2 Å². The van der Waals surface area contributed by atoms with Gasteiger partial charge in [-0.15, -0.1) is 0 Å². The Kier molecular flexibility index (Phi) is 3.16. The molecule has 24 heavy (non-hydrogen) atoms. The van der Waals surface area contributed by atoms with E-state index in [9.17, 15) is 4.39 Å². The largest absolute Gasteiger partial charge is 0.373 e. The lowest BCUT2D eigenvalue weighted by molar-refractivity contribution is 0.619. The Labute approximate surface area is 135 Å². The molecule has 0 radical (unpaired) electrons. The van der Waals surface area contributed by atoms with Crippen LogP contribution in [-0.2, 0) is 0 Å². The third-order valence-electron chi connectivity index (χ3n) is 4.19. The minimum atomic E-state index is -0.511. The molecule has 4 aromatic rings. The van der Waals surface area contributed by atoms with Crippen LogP contribution < -0.4 is 5.32 Å². The molecule has 0 unspecified atom stereocenters. The second-order valence-corrected chi connectivity index (χ2v) is 5.49. The first-order valence-corrected chi connectivity index (χ1v) is 7.35. The summed E-state index contributed by atoms with van der Waals surface area (Å²) in [5.74, 6) is -0.391. The highest BCUT2D eigenvalue weighted by molar-refractivity contribution is 6.00. The predicted octanol–water partition coefficient (Wildman–Crippen LogP) is 3.80. The van der Waals surface area contributed by atoms with Gasteiger partial charge in [0.25, 0.3) is 0 Å². The molecule has 120 valence electrons. The molecule has 0 bridgehead atoms. The monoisotopic (exact) mass is 325 g/mol. The number of H-pyrrole nitrogens is 1. The van der Waals surface area contributed by atoms with E-state index < -0.39 is 11.6 Å². The van der Waals surface area contributed by atoms with Gasteiger partial charge in [-0.2, -0.15) is 5.10 Å². The van der Waals surface area contributed by atoms with Crippen molar-refractivity contribution >= 4 is 27.6 Å². The lowest BCUT2D eigenvalue weighted by atomic mass is 9.95. The number of hydrogen-bond acceptors (Lipinski definition) is 4. The summed E-state index contributed by atoms with van der Waals surface area (Å²) in [6.07, 6.45) is 2.87. The molecule has 7 heteroatoms. The van der Waals surface area contributed by atoms with Crippen LogP contribution in [0.5, 0.6) is 0 Å². The van der Waals surface area contributed by atoms with E-state index >= 15 is 4.39 Å². The van der Waals surface area contributed by atoms with Gasteiger partial charge in [0.2, 0.25) is 0 Å². The summed E-state index contributed by atoms with van der Waals surface area (Å²) in [6, 6.07) is 4.72. The number of anilines is 1. The summed E-state index contributed by atoms with van der Waals surface area (Å²) in [5.41, 5.74) is 1.83. The van der Waals surface area contributed by atoms with Crippen LogP contribution in [0.1, 0.15) is 5.56 Å². The average Bonchev–Trinajstić information content (AvgIpc) is 3.04. The van der Waals surface area contributed by atoms with Crippen LogP contribution in [0.25, 0.3) is 32.9 Å². The molecule has 2 N–H and O–H groups in total. The quantitative estimate of drug-likeness (QED) is 0.588. The van der Waals surface area contributed by atoms with Crippen molar-refractivity contribution in [2.24, 2.45) is 0 Å². The summed E-state index contributed by atoms with van der Waals surface area (Å²) in [4.78, 5) is 8.13. The Morgan fingerprint density at radius 3 is 2.75 bits per heavy atom. The number of hydrogen-bond donors (Lipinski definition) is 2.